The van der Waals surface area contributed by atoms with Gasteiger partial charge in [-0.15, -0.1) is 0 Å². The molecule has 1 aromatic heterocycles. The van der Waals surface area contributed by atoms with E-state index in [1.165, 1.54) is 0 Å². The monoisotopic (exact) mass is 233 g/mol. The van der Waals surface area contributed by atoms with Crippen molar-refractivity contribution in [3.63, 3.8) is 0 Å². The standard InChI is InChI=1S/C13H12ClNO/c1-9-6-7-10(8-15-9)13(16)11-4-2-3-5-12(11)14/h2-8,13,16H,1H3. The maximum atomic E-state index is 10.1. The summed E-state index contributed by atoms with van der Waals surface area (Å²) in [5, 5.41) is 10.7. The molecule has 1 N–H and O–H groups in total. The van der Waals surface area contributed by atoms with E-state index >= 15 is 0 Å². The molecule has 0 aliphatic carbocycles. The molecule has 1 aromatic carbocycles. The summed E-state index contributed by atoms with van der Waals surface area (Å²) in [5.74, 6) is 0. The lowest BCUT2D eigenvalue weighted by atomic mass is 10.0. The van der Waals surface area contributed by atoms with E-state index in [1.54, 1.807) is 12.3 Å². The number of benzene rings is 1. The maximum Gasteiger partial charge on any atom is 0.107 e. The smallest absolute Gasteiger partial charge is 0.107 e. The topological polar surface area (TPSA) is 33.1 Å². The summed E-state index contributed by atoms with van der Waals surface area (Å²) in [4.78, 5) is 4.15. The molecular weight excluding hydrogens is 222 g/mol. The number of hydrogen-bond acceptors (Lipinski definition) is 2. The Bertz CT molecular complexity index is 482. The van der Waals surface area contributed by atoms with Crippen LogP contribution in [0.25, 0.3) is 0 Å². The van der Waals surface area contributed by atoms with E-state index in [9.17, 15) is 5.11 Å². The van der Waals surface area contributed by atoms with Gasteiger partial charge in [-0.3, -0.25) is 4.98 Å². The summed E-state index contributed by atoms with van der Waals surface area (Å²) in [5.41, 5.74) is 2.38. The van der Waals surface area contributed by atoms with Crippen LogP contribution in [0.3, 0.4) is 0 Å². The molecular formula is C13H12ClNO. The molecule has 2 aromatic rings. The van der Waals surface area contributed by atoms with Crippen LogP contribution in [0.1, 0.15) is 22.9 Å². The highest BCUT2D eigenvalue weighted by molar-refractivity contribution is 6.31. The average Bonchev–Trinajstić information content (AvgIpc) is 2.30. The number of aromatic nitrogens is 1. The molecule has 2 rings (SSSR count). The van der Waals surface area contributed by atoms with Gasteiger partial charge in [0.25, 0.3) is 0 Å². The van der Waals surface area contributed by atoms with Crippen LogP contribution in [0.5, 0.6) is 0 Å². The summed E-state index contributed by atoms with van der Waals surface area (Å²) in [6, 6.07) is 11.0. The van der Waals surface area contributed by atoms with Gasteiger partial charge in [0, 0.05) is 28.0 Å². The highest BCUT2D eigenvalue weighted by atomic mass is 35.5. The molecule has 82 valence electrons. The summed E-state index contributed by atoms with van der Waals surface area (Å²) in [6.45, 7) is 1.91. The minimum Gasteiger partial charge on any atom is -0.384 e. The zero-order valence-corrected chi connectivity index (χ0v) is 9.65. The number of aryl methyl sites for hydroxylation is 1. The molecule has 0 radical (unpaired) electrons. The van der Waals surface area contributed by atoms with E-state index in [4.69, 9.17) is 11.6 Å². The summed E-state index contributed by atoms with van der Waals surface area (Å²) < 4.78 is 0. The number of nitrogens with zero attached hydrogens (tertiary/aromatic N) is 1. The van der Waals surface area contributed by atoms with Gasteiger partial charge in [-0.1, -0.05) is 35.9 Å². The third-order valence-electron chi connectivity index (χ3n) is 2.45. The number of aliphatic hydroxyl groups is 1. The molecule has 1 heterocycles. The predicted molar refractivity (Wildman–Crippen MR) is 64.5 cm³/mol. The first-order valence-electron chi connectivity index (χ1n) is 5.03. The minimum absolute atomic E-state index is 0.565. The van der Waals surface area contributed by atoms with Crippen molar-refractivity contribution in [3.8, 4) is 0 Å². The van der Waals surface area contributed by atoms with Gasteiger partial charge in [-0.2, -0.15) is 0 Å². The van der Waals surface area contributed by atoms with Gasteiger partial charge in [0.05, 0.1) is 0 Å². The highest BCUT2D eigenvalue weighted by Crippen LogP contribution is 2.27. The van der Waals surface area contributed by atoms with E-state index in [1.807, 2.05) is 37.3 Å². The average molecular weight is 234 g/mol. The van der Waals surface area contributed by atoms with Gasteiger partial charge in [0.1, 0.15) is 6.10 Å². The molecule has 0 saturated carbocycles. The van der Waals surface area contributed by atoms with E-state index < -0.39 is 6.10 Å². The van der Waals surface area contributed by atoms with Crippen LogP contribution in [0, 0.1) is 6.92 Å². The lowest BCUT2D eigenvalue weighted by Gasteiger charge is -2.12. The number of halogens is 1. The van der Waals surface area contributed by atoms with Crippen molar-refractivity contribution in [1.82, 2.24) is 4.98 Å². The van der Waals surface area contributed by atoms with Crippen molar-refractivity contribution in [1.29, 1.82) is 0 Å². The Kier molecular flexibility index (Phi) is 3.22. The first kappa shape index (κ1) is 11.1. The molecule has 1 atom stereocenters. The van der Waals surface area contributed by atoms with Crippen molar-refractivity contribution < 1.29 is 5.11 Å². The Labute approximate surface area is 99.5 Å². The van der Waals surface area contributed by atoms with Gasteiger partial charge >= 0.3 is 0 Å². The lowest BCUT2D eigenvalue weighted by Crippen LogP contribution is -2.01. The summed E-state index contributed by atoms with van der Waals surface area (Å²) in [6.07, 6.45) is 0.949. The van der Waals surface area contributed by atoms with Crippen molar-refractivity contribution >= 4 is 11.6 Å². The van der Waals surface area contributed by atoms with Gasteiger partial charge in [-0.05, 0) is 19.1 Å². The SMILES string of the molecule is Cc1ccc(C(O)c2ccccc2Cl)cn1. The molecule has 16 heavy (non-hydrogen) atoms. The molecule has 2 nitrogen and oxygen atoms in total. The van der Waals surface area contributed by atoms with Crippen molar-refractivity contribution in [3.05, 3.63) is 64.4 Å². The Balaban J connectivity index is 2.35. The third kappa shape index (κ3) is 2.23. The first-order chi connectivity index (χ1) is 7.68. The lowest BCUT2D eigenvalue weighted by molar-refractivity contribution is 0.220. The molecule has 0 saturated heterocycles. The van der Waals surface area contributed by atoms with E-state index in [2.05, 4.69) is 4.98 Å². The third-order valence-corrected chi connectivity index (χ3v) is 2.79. The van der Waals surface area contributed by atoms with E-state index in [-0.39, 0.29) is 0 Å². The van der Waals surface area contributed by atoms with Crippen molar-refractivity contribution in [2.75, 3.05) is 0 Å². The quantitative estimate of drug-likeness (QED) is 0.865. The number of pyridine rings is 1. The maximum absolute atomic E-state index is 10.1. The number of rotatable bonds is 2. The molecule has 0 aliphatic rings. The molecule has 3 heteroatoms. The van der Waals surface area contributed by atoms with Crippen LogP contribution in [0.4, 0.5) is 0 Å². The number of aliphatic hydroxyl groups excluding tert-OH is 1. The second-order valence-corrected chi connectivity index (χ2v) is 4.06. The molecule has 0 bridgehead atoms. The van der Waals surface area contributed by atoms with Crippen LogP contribution >= 0.6 is 11.6 Å². The Morgan fingerprint density at radius 3 is 2.56 bits per heavy atom. The molecule has 1 unspecified atom stereocenters. The fourth-order valence-corrected chi connectivity index (χ4v) is 1.76. The predicted octanol–water partition coefficient (Wildman–Crippen LogP) is 3.13. The fourth-order valence-electron chi connectivity index (χ4n) is 1.52. The highest BCUT2D eigenvalue weighted by Gasteiger charge is 2.13. The molecule has 0 spiro atoms. The van der Waals surface area contributed by atoms with Crippen LogP contribution in [-0.4, -0.2) is 10.1 Å². The van der Waals surface area contributed by atoms with Crippen LogP contribution in [0.2, 0.25) is 5.02 Å². The Morgan fingerprint density at radius 1 is 1.19 bits per heavy atom. The zero-order chi connectivity index (χ0) is 11.5. The minimum atomic E-state index is -0.721. The fraction of sp³-hybridized carbons (Fsp3) is 0.154. The van der Waals surface area contributed by atoms with Crippen molar-refractivity contribution in [2.45, 2.75) is 13.0 Å². The Hall–Kier alpha value is -1.38. The zero-order valence-electron chi connectivity index (χ0n) is 8.89. The van der Waals surface area contributed by atoms with Gasteiger partial charge < -0.3 is 5.11 Å². The first-order valence-corrected chi connectivity index (χ1v) is 5.41. The van der Waals surface area contributed by atoms with Crippen LogP contribution < -0.4 is 0 Å². The molecule has 0 amide bonds. The van der Waals surface area contributed by atoms with Crippen molar-refractivity contribution in [2.24, 2.45) is 0 Å². The molecule has 0 fully saturated rings. The second-order valence-electron chi connectivity index (χ2n) is 3.66. The van der Waals surface area contributed by atoms with E-state index in [0.29, 0.717) is 10.6 Å². The van der Waals surface area contributed by atoms with E-state index in [0.717, 1.165) is 11.3 Å². The van der Waals surface area contributed by atoms with Gasteiger partial charge in [-0.25, -0.2) is 0 Å². The number of hydrogen-bond donors (Lipinski definition) is 1. The largest absolute Gasteiger partial charge is 0.384 e. The van der Waals surface area contributed by atoms with Gasteiger partial charge in [0.15, 0.2) is 0 Å². The van der Waals surface area contributed by atoms with Crippen LogP contribution in [0.15, 0.2) is 42.6 Å². The molecule has 0 aliphatic heterocycles. The van der Waals surface area contributed by atoms with Gasteiger partial charge in [0.2, 0.25) is 0 Å². The summed E-state index contributed by atoms with van der Waals surface area (Å²) in [7, 11) is 0. The normalized spacial score (nSPS) is 12.4. The Morgan fingerprint density at radius 2 is 1.94 bits per heavy atom. The summed E-state index contributed by atoms with van der Waals surface area (Å²) >= 11 is 6.02. The van der Waals surface area contributed by atoms with Crippen LogP contribution in [-0.2, 0) is 0 Å². The second kappa shape index (κ2) is 4.64.